The van der Waals surface area contributed by atoms with Crippen LogP contribution in [-0.4, -0.2) is 11.9 Å². The average molecular weight is 442 g/mol. The Morgan fingerprint density at radius 3 is 2.65 bits per heavy atom. The Labute approximate surface area is 183 Å². The molecule has 31 heavy (non-hydrogen) atoms. The largest absolute Gasteiger partial charge is 0.469 e. The Hall–Kier alpha value is -3.13. The van der Waals surface area contributed by atoms with Gasteiger partial charge in [0.25, 0.3) is 5.91 Å². The molecule has 1 aliphatic carbocycles. The molecular weight excluding hydrogens is 417 g/mol. The number of hydrogen-bond acceptors (Lipinski definition) is 4. The zero-order chi connectivity index (χ0) is 21.8. The Bertz CT molecular complexity index is 1060. The Morgan fingerprint density at radius 1 is 1.16 bits per heavy atom. The second-order valence-electron chi connectivity index (χ2n) is 7.68. The molecule has 162 valence electrons. The maximum atomic E-state index is 14.2. The van der Waals surface area contributed by atoms with E-state index in [-0.39, 0.29) is 17.8 Å². The van der Waals surface area contributed by atoms with Crippen LogP contribution in [0, 0.1) is 18.7 Å². The molecule has 1 saturated carbocycles. The fourth-order valence-electron chi connectivity index (χ4n) is 4.00. The van der Waals surface area contributed by atoms with Gasteiger partial charge in [-0.05, 0) is 61.4 Å². The predicted molar refractivity (Wildman–Crippen MR) is 119 cm³/mol. The summed E-state index contributed by atoms with van der Waals surface area (Å²) in [6.45, 7) is 1.65. The first-order chi connectivity index (χ1) is 15.0. The molecule has 0 spiro atoms. The number of urea groups is 1. The molecule has 8 heteroatoms. The fourth-order valence-corrected chi connectivity index (χ4v) is 4.87. The van der Waals surface area contributed by atoms with E-state index in [0.29, 0.717) is 22.9 Å². The van der Waals surface area contributed by atoms with Gasteiger partial charge in [0.2, 0.25) is 0 Å². The highest BCUT2D eigenvalue weighted by Gasteiger charge is 2.28. The molecule has 3 aromatic rings. The van der Waals surface area contributed by atoms with Gasteiger partial charge < -0.3 is 20.4 Å². The lowest BCUT2D eigenvalue weighted by Crippen LogP contribution is -2.35. The highest BCUT2D eigenvalue weighted by atomic mass is 32.1. The molecule has 1 aliphatic rings. The summed E-state index contributed by atoms with van der Waals surface area (Å²) in [5, 5.41) is 10.4. The summed E-state index contributed by atoms with van der Waals surface area (Å²) < 4.78 is 19.4. The van der Waals surface area contributed by atoms with Gasteiger partial charge in [0.05, 0.1) is 23.6 Å². The van der Waals surface area contributed by atoms with E-state index in [0.717, 1.165) is 17.7 Å². The SMILES string of the molecule is Cc1occc1C(=O)Nc1cc(NC(=O)NC(c2cccs2)C2CCCC2)ccc1F. The van der Waals surface area contributed by atoms with Crippen molar-refractivity contribution in [3.05, 3.63) is 70.1 Å². The van der Waals surface area contributed by atoms with Crippen LogP contribution in [0.15, 0.2) is 52.5 Å². The van der Waals surface area contributed by atoms with E-state index in [1.54, 1.807) is 18.3 Å². The van der Waals surface area contributed by atoms with Crippen LogP contribution < -0.4 is 16.0 Å². The van der Waals surface area contributed by atoms with Crippen LogP contribution in [0.3, 0.4) is 0 Å². The van der Waals surface area contributed by atoms with E-state index in [1.165, 1.54) is 43.4 Å². The number of nitrogens with one attached hydrogen (secondary N) is 3. The van der Waals surface area contributed by atoms with Crippen molar-refractivity contribution in [2.45, 2.75) is 38.6 Å². The van der Waals surface area contributed by atoms with Crippen LogP contribution in [-0.2, 0) is 0 Å². The standard InChI is InChI=1S/C23H24FN3O3S/c1-14-17(10-11-30-14)22(28)26-19-13-16(8-9-18(19)24)25-23(29)27-21(15-5-2-3-6-15)20-7-4-12-31-20/h4,7-13,15,21H,2-3,5-6H2,1H3,(H,26,28)(H2,25,27,29). The molecule has 1 atom stereocenters. The number of carbonyl (C=O) groups is 2. The Kier molecular flexibility index (Phi) is 6.36. The Balaban J connectivity index is 1.45. The number of rotatable bonds is 6. The maximum Gasteiger partial charge on any atom is 0.319 e. The van der Waals surface area contributed by atoms with Gasteiger partial charge in [0, 0.05) is 10.6 Å². The number of carbonyl (C=O) groups excluding carboxylic acids is 2. The van der Waals surface area contributed by atoms with E-state index < -0.39 is 11.7 Å². The van der Waals surface area contributed by atoms with E-state index in [1.807, 2.05) is 17.5 Å². The number of thiophene rings is 1. The lowest BCUT2D eigenvalue weighted by atomic mass is 9.97. The first kappa shape index (κ1) is 21.1. The number of furan rings is 1. The highest BCUT2D eigenvalue weighted by molar-refractivity contribution is 7.10. The van der Waals surface area contributed by atoms with Crippen LogP contribution in [0.1, 0.15) is 52.7 Å². The van der Waals surface area contributed by atoms with Crippen molar-refractivity contribution in [1.82, 2.24) is 5.32 Å². The van der Waals surface area contributed by atoms with Gasteiger partial charge in [-0.3, -0.25) is 4.79 Å². The molecule has 6 nitrogen and oxygen atoms in total. The zero-order valence-electron chi connectivity index (χ0n) is 17.1. The van der Waals surface area contributed by atoms with Crippen molar-refractivity contribution < 1.29 is 18.4 Å². The second-order valence-corrected chi connectivity index (χ2v) is 8.65. The van der Waals surface area contributed by atoms with Crippen molar-refractivity contribution in [1.29, 1.82) is 0 Å². The van der Waals surface area contributed by atoms with Crippen molar-refractivity contribution in [2.75, 3.05) is 10.6 Å². The third kappa shape index (κ3) is 4.96. The molecule has 4 rings (SSSR count). The molecule has 2 aromatic heterocycles. The van der Waals surface area contributed by atoms with Crippen molar-refractivity contribution in [2.24, 2.45) is 5.92 Å². The quantitative estimate of drug-likeness (QED) is 0.433. The number of halogens is 1. The monoisotopic (exact) mass is 441 g/mol. The minimum atomic E-state index is -0.595. The molecule has 1 aromatic carbocycles. The van der Waals surface area contributed by atoms with Gasteiger partial charge in [-0.1, -0.05) is 18.9 Å². The molecule has 1 unspecified atom stereocenters. The fraction of sp³-hybridized carbons (Fsp3) is 0.304. The minimum absolute atomic E-state index is 0.0194. The summed E-state index contributed by atoms with van der Waals surface area (Å²) in [5.74, 6) is -0.225. The predicted octanol–water partition coefficient (Wildman–Crippen LogP) is 6.09. The molecule has 3 N–H and O–H groups in total. The van der Waals surface area contributed by atoms with Crippen LogP contribution in [0.5, 0.6) is 0 Å². The number of anilines is 2. The van der Waals surface area contributed by atoms with Crippen LogP contribution in [0.2, 0.25) is 0 Å². The molecule has 0 radical (unpaired) electrons. The normalized spacial score (nSPS) is 14.9. The van der Waals surface area contributed by atoms with Crippen molar-refractivity contribution in [3.63, 3.8) is 0 Å². The molecule has 1 fully saturated rings. The number of amides is 3. The van der Waals surface area contributed by atoms with E-state index in [9.17, 15) is 14.0 Å². The number of hydrogen-bond donors (Lipinski definition) is 3. The van der Waals surface area contributed by atoms with Gasteiger partial charge in [0.1, 0.15) is 11.6 Å². The lowest BCUT2D eigenvalue weighted by Gasteiger charge is -2.24. The third-order valence-electron chi connectivity index (χ3n) is 5.58. The van der Waals surface area contributed by atoms with Crippen LogP contribution >= 0.6 is 11.3 Å². The Morgan fingerprint density at radius 2 is 1.97 bits per heavy atom. The summed E-state index contributed by atoms with van der Waals surface area (Å²) in [7, 11) is 0. The smallest absolute Gasteiger partial charge is 0.319 e. The van der Waals surface area contributed by atoms with Crippen molar-refractivity contribution >= 4 is 34.6 Å². The molecular formula is C23H24FN3O3S. The summed E-state index contributed by atoms with van der Waals surface area (Å²) in [6, 6.07) is 9.20. The second kappa shape index (κ2) is 9.34. The van der Waals surface area contributed by atoms with E-state index in [2.05, 4.69) is 16.0 Å². The first-order valence-corrected chi connectivity index (χ1v) is 11.1. The number of benzene rings is 1. The zero-order valence-corrected chi connectivity index (χ0v) is 17.9. The van der Waals surface area contributed by atoms with E-state index >= 15 is 0 Å². The molecule has 3 amide bonds. The molecule has 2 heterocycles. The number of aryl methyl sites for hydroxylation is 1. The molecule has 0 bridgehead atoms. The first-order valence-electron chi connectivity index (χ1n) is 10.3. The van der Waals surface area contributed by atoms with Crippen molar-refractivity contribution in [3.8, 4) is 0 Å². The van der Waals surface area contributed by atoms with Gasteiger partial charge in [-0.2, -0.15) is 0 Å². The van der Waals surface area contributed by atoms with Gasteiger partial charge in [0.15, 0.2) is 0 Å². The summed E-state index contributed by atoms with van der Waals surface area (Å²) in [4.78, 5) is 26.2. The lowest BCUT2D eigenvalue weighted by molar-refractivity contribution is 0.102. The average Bonchev–Trinajstić information content (AvgIpc) is 3.51. The highest BCUT2D eigenvalue weighted by Crippen LogP contribution is 2.37. The van der Waals surface area contributed by atoms with Gasteiger partial charge >= 0.3 is 6.03 Å². The maximum absolute atomic E-state index is 14.2. The van der Waals surface area contributed by atoms with Crippen LogP contribution in [0.4, 0.5) is 20.6 Å². The molecule has 0 aliphatic heterocycles. The summed E-state index contributed by atoms with van der Waals surface area (Å²) in [5.41, 5.74) is 0.689. The van der Waals surface area contributed by atoms with Crippen LogP contribution in [0.25, 0.3) is 0 Å². The van der Waals surface area contributed by atoms with Gasteiger partial charge in [-0.25, -0.2) is 9.18 Å². The third-order valence-corrected chi connectivity index (χ3v) is 6.54. The topological polar surface area (TPSA) is 83.4 Å². The molecule has 0 saturated heterocycles. The summed E-state index contributed by atoms with van der Waals surface area (Å²) >= 11 is 1.63. The van der Waals surface area contributed by atoms with E-state index in [4.69, 9.17) is 4.42 Å². The summed E-state index contributed by atoms with van der Waals surface area (Å²) in [6.07, 6.45) is 5.92. The van der Waals surface area contributed by atoms with Gasteiger partial charge in [-0.15, -0.1) is 11.3 Å². The minimum Gasteiger partial charge on any atom is -0.469 e.